The number of aromatic amines is 1. The third kappa shape index (κ3) is 8.00. The number of likely N-dealkylation sites (tertiary alicyclic amines) is 2. The largest absolute Gasteiger partial charge is 0.507 e. The summed E-state index contributed by atoms with van der Waals surface area (Å²) in [7, 11) is 0. The van der Waals surface area contributed by atoms with Crippen molar-refractivity contribution in [3.05, 3.63) is 95.0 Å². The van der Waals surface area contributed by atoms with Crippen LogP contribution in [-0.4, -0.2) is 102 Å². The Labute approximate surface area is 333 Å². The lowest BCUT2D eigenvalue weighted by Gasteiger charge is -2.38. The molecule has 0 aliphatic carbocycles. The number of ether oxygens (including phenoxy) is 1. The summed E-state index contributed by atoms with van der Waals surface area (Å²) in [6, 6.07) is 19.5. The minimum Gasteiger partial charge on any atom is -0.507 e. The highest BCUT2D eigenvalue weighted by Gasteiger charge is 2.43. The maximum Gasteiger partial charge on any atom is 0.254 e. The van der Waals surface area contributed by atoms with Gasteiger partial charge in [0.1, 0.15) is 29.8 Å². The highest BCUT2D eigenvalue weighted by Crippen LogP contribution is 2.35. The zero-order valence-corrected chi connectivity index (χ0v) is 33.1. The molecule has 15 heteroatoms. The van der Waals surface area contributed by atoms with Crippen LogP contribution in [0.5, 0.6) is 11.6 Å². The first kappa shape index (κ1) is 38.2. The van der Waals surface area contributed by atoms with Crippen LogP contribution in [0.15, 0.2) is 76.8 Å². The molecule has 0 bridgehead atoms. The van der Waals surface area contributed by atoms with E-state index in [1.807, 2.05) is 81.7 Å². The van der Waals surface area contributed by atoms with Crippen molar-refractivity contribution in [1.29, 1.82) is 0 Å². The van der Waals surface area contributed by atoms with E-state index in [0.29, 0.717) is 36.1 Å². The van der Waals surface area contributed by atoms with Gasteiger partial charge in [0.15, 0.2) is 5.76 Å². The second kappa shape index (κ2) is 16.1. The van der Waals surface area contributed by atoms with E-state index in [1.165, 1.54) is 4.90 Å². The predicted octanol–water partition coefficient (Wildman–Crippen LogP) is 5.81. The fourth-order valence-electron chi connectivity index (χ4n) is 7.82. The maximum absolute atomic E-state index is 14.1. The van der Waals surface area contributed by atoms with Crippen molar-refractivity contribution < 1.29 is 29.1 Å². The Bertz CT molecular complexity index is 2370. The first-order valence-electron chi connectivity index (χ1n) is 19.3. The first-order chi connectivity index (χ1) is 27.5. The Morgan fingerprint density at radius 2 is 1.84 bits per heavy atom. The molecule has 2 aromatic carbocycles. The summed E-state index contributed by atoms with van der Waals surface area (Å²) in [6.45, 7) is 10.5. The van der Waals surface area contributed by atoms with Crippen molar-refractivity contribution in [1.82, 2.24) is 40.4 Å². The average molecular weight is 791 g/mol. The molecule has 4 atom stereocenters. The van der Waals surface area contributed by atoms with E-state index >= 15 is 0 Å². The number of aromatic hydroxyl groups is 1. The van der Waals surface area contributed by atoms with Gasteiger partial charge in [-0.2, -0.15) is 0 Å². The summed E-state index contributed by atoms with van der Waals surface area (Å²) in [6.07, 6.45) is -0.674. The van der Waals surface area contributed by atoms with Crippen molar-refractivity contribution in [3.8, 4) is 33.3 Å². The fraction of sp³-hybridized carbons (Fsp3) is 0.381. The van der Waals surface area contributed by atoms with Crippen molar-refractivity contribution >= 4 is 34.2 Å². The molecule has 14 nitrogen and oxygen atoms in total. The number of H-pyrrole nitrogens is 1. The van der Waals surface area contributed by atoms with Crippen molar-refractivity contribution in [3.63, 3.8) is 0 Å². The Kier molecular flexibility index (Phi) is 10.8. The van der Waals surface area contributed by atoms with Gasteiger partial charge in [-0.1, -0.05) is 50.2 Å². The van der Waals surface area contributed by atoms with Crippen LogP contribution in [0.3, 0.4) is 0 Å². The van der Waals surface area contributed by atoms with Crippen molar-refractivity contribution in [2.75, 3.05) is 32.8 Å². The third-order valence-electron chi connectivity index (χ3n) is 11.0. The standard InChI is InChI=1S/C42H46N8O6S/c1-23(2)39(42(54)50-21-29(51)15-35(50)41(53)44-24(3)26-9-11-27(12-10-26)40-25(4)43-22-57-40)37-18-38(48-56-37)55-14-13-49-19-28(20-49)31-16-34-33(45-31)17-32(46-47-34)30-7-5-6-8-36(30)52/h5-12,16-18,22-24,28-29,35,39,45,51-52H,13-15,19-21H2,1-4H3,(H,44,53)/t24-,29+,35-,39+/m0/s1. The number of thiazole rings is 1. The van der Waals surface area contributed by atoms with E-state index in [-0.39, 0.29) is 48.4 Å². The van der Waals surface area contributed by atoms with Gasteiger partial charge in [0.05, 0.1) is 39.4 Å². The predicted molar refractivity (Wildman–Crippen MR) is 215 cm³/mol. The molecule has 0 unspecified atom stereocenters. The number of aliphatic hydroxyl groups excluding tert-OH is 1. The van der Waals surface area contributed by atoms with E-state index < -0.39 is 18.1 Å². The summed E-state index contributed by atoms with van der Waals surface area (Å²) in [5, 5.41) is 36.7. The lowest BCUT2D eigenvalue weighted by atomic mass is 9.91. The molecular weight excluding hydrogens is 745 g/mol. The normalized spacial score (nSPS) is 18.5. The number of benzene rings is 2. The van der Waals surface area contributed by atoms with E-state index in [4.69, 9.17) is 9.26 Å². The Morgan fingerprint density at radius 3 is 2.58 bits per heavy atom. The Morgan fingerprint density at radius 1 is 1.05 bits per heavy atom. The molecule has 0 radical (unpaired) electrons. The molecule has 8 rings (SSSR count). The van der Waals surface area contributed by atoms with Gasteiger partial charge >= 0.3 is 0 Å². The molecule has 296 valence electrons. The minimum absolute atomic E-state index is 0.0525. The number of hydrogen-bond acceptors (Lipinski definition) is 12. The number of β-amino-alcohol motifs (C(OH)–C–C–N with tert-alkyl or cyclic N) is 1. The number of rotatable bonds is 13. The molecule has 6 aromatic rings. The zero-order chi connectivity index (χ0) is 39.8. The van der Waals surface area contributed by atoms with Gasteiger partial charge in [-0.15, -0.1) is 21.5 Å². The number of carbonyl (C=O) groups excluding carboxylic acids is 2. The number of amides is 2. The van der Waals surface area contributed by atoms with E-state index in [9.17, 15) is 19.8 Å². The van der Waals surface area contributed by atoms with Gasteiger partial charge in [0, 0.05) is 55.8 Å². The number of hydrogen-bond donors (Lipinski definition) is 4. The number of aliphatic hydroxyl groups is 1. The van der Waals surface area contributed by atoms with E-state index in [1.54, 1.807) is 29.5 Å². The number of para-hydroxylation sites is 1. The first-order valence-corrected chi connectivity index (χ1v) is 20.2. The lowest BCUT2D eigenvalue weighted by molar-refractivity contribution is -0.141. The van der Waals surface area contributed by atoms with E-state index in [2.05, 4.69) is 35.5 Å². The Hall–Kier alpha value is -5.64. The summed E-state index contributed by atoms with van der Waals surface area (Å²) in [4.78, 5) is 40.4. The van der Waals surface area contributed by atoms with Gasteiger partial charge in [0.2, 0.25) is 11.8 Å². The van der Waals surface area contributed by atoms with Gasteiger partial charge < -0.3 is 34.7 Å². The number of nitrogens with one attached hydrogen (secondary N) is 2. The highest BCUT2D eigenvalue weighted by atomic mass is 32.1. The second-order valence-electron chi connectivity index (χ2n) is 15.4. The monoisotopic (exact) mass is 790 g/mol. The van der Waals surface area contributed by atoms with Crippen LogP contribution < -0.4 is 10.1 Å². The molecule has 6 heterocycles. The fourth-order valence-corrected chi connectivity index (χ4v) is 8.63. The van der Waals surface area contributed by atoms with Crippen LogP contribution in [0.1, 0.15) is 67.8 Å². The number of fused-ring (bicyclic) bond motifs is 1. The molecule has 4 aromatic heterocycles. The van der Waals surface area contributed by atoms with Crippen LogP contribution in [-0.2, 0) is 9.59 Å². The van der Waals surface area contributed by atoms with Crippen molar-refractivity contribution in [2.24, 2.45) is 5.92 Å². The lowest BCUT2D eigenvalue weighted by Crippen LogP contribution is -2.48. The van der Waals surface area contributed by atoms with Crippen LogP contribution in [0.4, 0.5) is 0 Å². The molecule has 0 saturated carbocycles. The molecule has 2 fully saturated rings. The molecule has 0 spiro atoms. The van der Waals surface area contributed by atoms with Gasteiger partial charge in [0.25, 0.3) is 5.88 Å². The number of phenols is 1. The summed E-state index contributed by atoms with van der Waals surface area (Å²) in [5.41, 5.74) is 8.78. The topological polar surface area (TPSA) is 183 Å². The molecule has 4 N–H and O–H groups in total. The van der Waals surface area contributed by atoms with Crippen molar-refractivity contribution in [2.45, 2.75) is 64.1 Å². The third-order valence-corrected chi connectivity index (χ3v) is 12.0. The van der Waals surface area contributed by atoms with Crippen LogP contribution in [0.2, 0.25) is 0 Å². The molecular formula is C42H46N8O6S. The zero-order valence-electron chi connectivity index (χ0n) is 32.3. The van der Waals surface area contributed by atoms with Gasteiger partial charge in [-0.05, 0) is 60.3 Å². The molecule has 2 saturated heterocycles. The van der Waals surface area contributed by atoms with Gasteiger partial charge in [-0.3, -0.25) is 14.5 Å². The number of carbonyl (C=O) groups is 2. The quantitative estimate of drug-likeness (QED) is 0.111. The minimum atomic E-state index is -0.826. The summed E-state index contributed by atoms with van der Waals surface area (Å²) in [5.74, 6) is -0.397. The molecule has 57 heavy (non-hydrogen) atoms. The smallest absolute Gasteiger partial charge is 0.254 e. The highest BCUT2D eigenvalue weighted by molar-refractivity contribution is 7.13. The Balaban J connectivity index is 0.838. The average Bonchev–Trinajstić information content (AvgIpc) is 3.99. The van der Waals surface area contributed by atoms with Crippen LogP contribution >= 0.6 is 11.3 Å². The van der Waals surface area contributed by atoms with Crippen LogP contribution in [0.25, 0.3) is 32.7 Å². The maximum atomic E-state index is 14.1. The number of phenolic OH excluding ortho intramolecular Hbond substituents is 1. The summed E-state index contributed by atoms with van der Waals surface area (Å²) >= 11 is 1.59. The SMILES string of the molecule is Cc1ncsc1-c1ccc([C@H](C)NC(=O)[C@@H]2C[C@@H](O)CN2C(=O)[C@@H](c2cc(OCCN3CC(c4cc5nnc(-c6ccccc6O)cc5[nH]4)C3)no2)C(C)C)cc1. The molecule has 2 aliphatic heterocycles. The van der Waals surface area contributed by atoms with Gasteiger partial charge in [-0.25, -0.2) is 4.98 Å². The summed E-state index contributed by atoms with van der Waals surface area (Å²) < 4.78 is 11.6. The number of aryl methyl sites for hydroxylation is 1. The molecule has 2 amide bonds. The number of nitrogens with zero attached hydrogens (tertiary/aromatic N) is 6. The van der Waals surface area contributed by atoms with E-state index in [0.717, 1.165) is 51.5 Å². The molecule has 2 aliphatic rings. The van der Waals surface area contributed by atoms with Crippen LogP contribution in [0, 0.1) is 12.8 Å². The number of aromatic nitrogens is 5. The second-order valence-corrected chi connectivity index (χ2v) is 16.2.